The quantitative estimate of drug-likeness (QED) is 0.256. The molecule has 0 saturated carbocycles. The van der Waals surface area contributed by atoms with Crippen molar-refractivity contribution >= 4 is 23.5 Å². The molecule has 0 aromatic heterocycles. The second-order valence-electron chi connectivity index (χ2n) is 7.09. The SMILES string of the molecule is COC(=O)C(=O)c1ccc(OCc2cccc(COc3ccc(C(=O)C(=O)OC)cc3)c2)cc1. The lowest BCUT2D eigenvalue weighted by atomic mass is 10.1. The van der Waals surface area contributed by atoms with E-state index in [4.69, 9.17) is 9.47 Å². The van der Waals surface area contributed by atoms with Crippen LogP contribution in [0.3, 0.4) is 0 Å². The van der Waals surface area contributed by atoms with Gasteiger partial charge in [0, 0.05) is 11.1 Å². The van der Waals surface area contributed by atoms with Crippen LogP contribution < -0.4 is 9.47 Å². The summed E-state index contributed by atoms with van der Waals surface area (Å²) >= 11 is 0. The van der Waals surface area contributed by atoms with Gasteiger partial charge in [-0.3, -0.25) is 9.59 Å². The van der Waals surface area contributed by atoms with Crippen molar-refractivity contribution in [2.45, 2.75) is 13.2 Å². The van der Waals surface area contributed by atoms with Gasteiger partial charge in [-0.2, -0.15) is 0 Å². The minimum atomic E-state index is -0.918. The second-order valence-corrected chi connectivity index (χ2v) is 7.09. The van der Waals surface area contributed by atoms with Crippen molar-refractivity contribution in [2.24, 2.45) is 0 Å². The molecule has 0 saturated heterocycles. The fourth-order valence-corrected chi connectivity index (χ4v) is 2.97. The second kappa shape index (κ2) is 11.4. The number of Topliss-reactive ketones (excluding diaryl/α,β-unsaturated/α-hetero) is 2. The Bertz CT molecular complexity index is 1090. The van der Waals surface area contributed by atoms with E-state index >= 15 is 0 Å². The Labute approximate surface area is 196 Å². The van der Waals surface area contributed by atoms with Gasteiger partial charge in [0.15, 0.2) is 0 Å². The number of ketones is 2. The van der Waals surface area contributed by atoms with Gasteiger partial charge in [-0.25, -0.2) is 9.59 Å². The summed E-state index contributed by atoms with van der Waals surface area (Å²) in [6.07, 6.45) is 0. The maximum absolute atomic E-state index is 11.8. The third-order valence-corrected chi connectivity index (χ3v) is 4.78. The lowest BCUT2D eigenvalue weighted by molar-refractivity contribution is -0.135. The number of hydrogen-bond acceptors (Lipinski definition) is 8. The van der Waals surface area contributed by atoms with Crippen molar-refractivity contribution < 1.29 is 38.1 Å². The normalized spacial score (nSPS) is 10.2. The van der Waals surface area contributed by atoms with Crippen LogP contribution in [0, 0.1) is 0 Å². The summed E-state index contributed by atoms with van der Waals surface area (Å²) in [7, 11) is 2.31. The highest BCUT2D eigenvalue weighted by Gasteiger charge is 2.17. The molecule has 0 radical (unpaired) electrons. The highest BCUT2D eigenvalue weighted by molar-refractivity contribution is 6.41. The van der Waals surface area contributed by atoms with E-state index in [1.54, 1.807) is 24.3 Å². The smallest absolute Gasteiger partial charge is 0.379 e. The minimum absolute atomic E-state index is 0.223. The highest BCUT2D eigenvalue weighted by atomic mass is 16.5. The van der Waals surface area contributed by atoms with Crippen molar-refractivity contribution in [3.63, 3.8) is 0 Å². The van der Waals surface area contributed by atoms with Crippen LogP contribution in [0.4, 0.5) is 0 Å². The standard InChI is InChI=1S/C26H22O8/c1-31-25(29)23(27)19-6-10-21(11-7-19)33-15-17-4-3-5-18(14-17)16-34-22-12-8-20(9-13-22)24(28)26(30)32-2/h3-14H,15-16H2,1-2H3. The van der Waals surface area contributed by atoms with E-state index in [1.165, 1.54) is 24.3 Å². The first-order valence-corrected chi connectivity index (χ1v) is 10.2. The van der Waals surface area contributed by atoms with Gasteiger partial charge in [-0.1, -0.05) is 18.2 Å². The van der Waals surface area contributed by atoms with Crippen LogP contribution in [0.1, 0.15) is 31.8 Å². The van der Waals surface area contributed by atoms with Crippen molar-refractivity contribution in [1.29, 1.82) is 0 Å². The van der Waals surface area contributed by atoms with Crippen LogP contribution in [-0.2, 0) is 32.3 Å². The number of benzene rings is 3. The molecule has 8 nitrogen and oxygen atoms in total. The number of ether oxygens (including phenoxy) is 4. The summed E-state index contributed by atoms with van der Waals surface area (Å²) < 4.78 is 20.4. The zero-order valence-electron chi connectivity index (χ0n) is 18.6. The lowest BCUT2D eigenvalue weighted by Gasteiger charge is -2.10. The maximum Gasteiger partial charge on any atom is 0.379 e. The minimum Gasteiger partial charge on any atom is -0.489 e. The number of hydrogen-bond donors (Lipinski definition) is 0. The van der Waals surface area contributed by atoms with Gasteiger partial charge >= 0.3 is 11.9 Å². The monoisotopic (exact) mass is 462 g/mol. The summed E-state index contributed by atoms with van der Waals surface area (Å²) in [5, 5.41) is 0. The molecule has 0 atom stereocenters. The Morgan fingerprint density at radius 1 is 0.588 bits per heavy atom. The summed E-state index contributed by atoms with van der Waals surface area (Å²) in [5.74, 6) is -2.18. The van der Waals surface area contributed by atoms with Gasteiger partial charge in [0.05, 0.1) is 14.2 Å². The summed E-state index contributed by atoms with van der Waals surface area (Å²) in [6, 6.07) is 20.1. The fraction of sp³-hybridized carbons (Fsp3) is 0.154. The van der Waals surface area contributed by atoms with Crippen LogP contribution in [-0.4, -0.2) is 37.7 Å². The first-order valence-electron chi connectivity index (χ1n) is 10.2. The third kappa shape index (κ3) is 6.29. The molecule has 0 aliphatic heterocycles. The molecule has 0 N–H and O–H groups in total. The van der Waals surface area contributed by atoms with Gasteiger partial charge in [-0.05, 0) is 65.7 Å². The number of esters is 2. The Kier molecular flexibility index (Phi) is 8.12. The number of carbonyl (C=O) groups excluding carboxylic acids is 4. The predicted octanol–water partition coefficient (Wildman–Crippen LogP) is 3.56. The van der Waals surface area contributed by atoms with Crippen LogP contribution in [0.5, 0.6) is 11.5 Å². The molecule has 0 heterocycles. The van der Waals surface area contributed by atoms with Crippen molar-refractivity contribution in [3.05, 3.63) is 95.1 Å². The van der Waals surface area contributed by atoms with Crippen molar-refractivity contribution in [1.82, 2.24) is 0 Å². The van der Waals surface area contributed by atoms with E-state index in [9.17, 15) is 19.2 Å². The molecular formula is C26H22O8. The molecule has 8 heteroatoms. The Morgan fingerprint density at radius 3 is 1.32 bits per heavy atom. The summed E-state index contributed by atoms with van der Waals surface area (Å²) in [4.78, 5) is 46.2. The Morgan fingerprint density at radius 2 is 0.971 bits per heavy atom. The molecule has 0 fully saturated rings. The summed E-state index contributed by atoms with van der Waals surface area (Å²) in [5.41, 5.74) is 2.27. The molecule has 0 amide bonds. The van der Waals surface area contributed by atoms with E-state index in [0.717, 1.165) is 25.3 Å². The zero-order valence-corrected chi connectivity index (χ0v) is 18.6. The zero-order chi connectivity index (χ0) is 24.5. The van der Waals surface area contributed by atoms with E-state index < -0.39 is 23.5 Å². The molecule has 34 heavy (non-hydrogen) atoms. The first-order chi connectivity index (χ1) is 16.4. The average molecular weight is 462 g/mol. The Hall–Kier alpha value is -4.46. The third-order valence-electron chi connectivity index (χ3n) is 4.78. The maximum atomic E-state index is 11.8. The lowest BCUT2D eigenvalue weighted by Crippen LogP contribution is -2.15. The number of methoxy groups -OCH3 is 2. The molecule has 3 aromatic rings. The van der Waals surface area contributed by atoms with Gasteiger partial charge in [0.2, 0.25) is 0 Å². The molecule has 0 bridgehead atoms. The van der Waals surface area contributed by atoms with Gasteiger partial charge < -0.3 is 18.9 Å². The molecule has 3 rings (SSSR count). The molecule has 3 aromatic carbocycles. The largest absolute Gasteiger partial charge is 0.489 e. The average Bonchev–Trinajstić information content (AvgIpc) is 2.89. The molecule has 0 unspecified atom stereocenters. The van der Waals surface area contributed by atoms with E-state index in [0.29, 0.717) is 24.7 Å². The van der Waals surface area contributed by atoms with Crippen LogP contribution in [0.2, 0.25) is 0 Å². The van der Waals surface area contributed by atoms with E-state index in [-0.39, 0.29) is 11.1 Å². The van der Waals surface area contributed by atoms with Crippen LogP contribution >= 0.6 is 0 Å². The predicted molar refractivity (Wildman–Crippen MR) is 121 cm³/mol. The number of carbonyl (C=O) groups is 4. The highest BCUT2D eigenvalue weighted by Crippen LogP contribution is 2.18. The molecule has 0 aliphatic carbocycles. The van der Waals surface area contributed by atoms with Crippen LogP contribution in [0.15, 0.2) is 72.8 Å². The molecule has 174 valence electrons. The Balaban J connectivity index is 1.54. The summed E-state index contributed by atoms with van der Waals surface area (Å²) in [6.45, 7) is 0.588. The fourth-order valence-electron chi connectivity index (χ4n) is 2.97. The number of rotatable bonds is 10. The molecule has 0 aliphatic rings. The van der Waals surface area contributed by atoms with Crippen molar-refractivity contribution in [2.75, 3.05) is 14.2 Å². The van der Waals surface area contributed by atoms with Crippen molar-refractivity contribution in [3.8, 4) is 11.5 Å². The molecular weight excluding hydrogens is 440 g/mol. The van der Waals surface area contributed by atoms with Crippen LogP contribution in [0.25, 0.3) is 0 Å². The first kappa shape index (κ1) is 24.2. The van der Waals surface area contributed by atoms with Gasteiger partial charge in [0.25, 0.3) is 11.6 Å². The van der Waals surface area contributed by atoms with Gasteiger partial charge in [0.1, 0.15) is 24.7 Å². The van der Waals surface area contributed by atoms with E-state index in [1.807, 2.05) is 24.3 Å². The topological polar surface area (TPSA) is 105 Å². The molecule has 0 spiro atoms. The van der Waals surface area contributed by atoms with Gasteiger partial charge in [-0.15, -0.1) is 0 Å². The van der Waals surface area contributed by atoms with E-state index in [2.05, 4.69) is 9.47 Å².